The Balaban J connectivity index is 1.30. The Morgan fingerprint density at radius 2 is 1.98 bits per heavy atom. The third-order valence-electron chi connectivity index (χ3n) is 8.23. The van der Waals surface area contributed by atoms with Gasteiger partial charge >= 0.3 is 5.97 Å². The summed E-state index contributed by atoms with van der Waals surface area (Å²) in [5.41, 5.74) is 8.51. The van der Waals surface area contributed by atoms with Gasteiger partial charge in [0.1, 0.15) is 11.9 Å². The van der Waals surface area contributed by atoms with E-state index in [-0.39, 0.29) is 42.5 Å². The molecule has 12 nitrogen and oxygen atoms in total. The maximum Gasteiger partial charge on any atom is 0.310 e. The van der Waals surface area contributed by atoms with E-state index in [0.717, 1.165) is 0 Å². The molecule has 0 saturated heterocycles. The van der Waals surface area contributed by atoms with Crippen molar-refractivity contribution >= 4 is 51.5 Å². The van der Waals surface area contributed by atoms with E-state index in [1.54, 1.807) is 65.6 Å². The summed E-state index contributed by atoms with van der Waals surface area (Å²) in [5, 5.41) is 11.4. The van der Waals surface area contributed by atoms with E-state index in [9.17, 15) is 19.5 Å². The molecule has 44 heavy (non-hydrogen) atoms. The SMILES string of the molecule is C=C1C(CO)C(OC(=O)Cc2c(C)n(C(=O)c3ccc(Cl)cc3)c3ccc(OC)cc23)CC1n1cnc2c(=O)[nH]c(N)nc21. The summed E-state index contributed by atoms with van der Waals surface area (Å²) in [6, 6.07) is 11.4. The maximum absolute atomic E-state index is 13.6. The summed E-state index contributed by atoms with van der Waals surface area (Å²) < 4.78 is 14.6. The quantitative estimate of drug-likeness (QED) is 0.183. The van der Waals surface area contributed by atoms with Gasteiger partial charge in [-0.3, -0.25) is 23.9 Å². The summed E-state index contributed by atoms with van der Waals surface area (Å²) in [7, 11) is 1.54. The predicted octanol–water partition coefficient (Wildman–Crippen LogP) is 3.58. The van der Waals surface area contributed by atoms with Crippen LogP contribution in [0.15, 0.2) is 65.7 Å². The Labute approximate surface area is 255 Å². The second kappa shape index (κ2) is 11.3. The number of aromatic nitrogens is 5. The molecule has 5 aromatic rings. The van der Waals surface area contributed by atoms with E-state index in [2.05, 4.69) is 21.5 Å². The van der Waals surface area contributed by atoms with Crippen molar-refractivity contribution in [2.24, 2.45) is 5.92 Å². The number of esters is 1. The van der Waals surface area contributed by atoms with Gasteiger partial charge in [-0.1, -0.05) is 18.2 Å². The molecule has 0 aliphatic heterocycles. The first-order valence-corrected chi connectivity index (χ1v) is 14.2. The van der Waals surface area contributed by atoms with Gasteiger partial charge in [0.2, 0.25) is 5.95 Å². The van der Waals surface area contributed by atoms with Crippen LogP contribution in [0.3, 0.4) is 0 Å². The van der Waals surface area contributed by atoms with Crippen molar-refractivity contribution in [2.75, 3.05) is 19.5 Å². The first-order valence-electron chi connectivity index (χ1n) is 13.8. The zero-order valence-electron chi connectivity index (χ0n) is 23.9. The highest BCUT2D eigenvalue weighted by Crippen LogP contribution is 2.42. The number of carbonyl (C=O) groups excluding carboxylic acids is 2. The van der Waals surface area contributed by atoms with Gasteiger partial charge in [-0.05, 0) is 60.5 Å². The van der Waals surface area contributed by atoms with Crippen molar-refractivity contribution in [1.82, 2.24) is 24.1 Å². The van der Waals surface area contributed by atoms with Gasteiger partial charge in [0.25, 0.3) is 11.5 Å². The molecule has 0 bridgehead atoms. The van der Waals surface area contributed by atoms with Crippen molar-refractivity contribution < 1.29 is 24.2 Å². The van der Waals surface area contributed by atoms with Crippen LogP contribution < -0.4 is 16.0 Å². The van der Waals surface area contributed by atoms with Crippen LogP contribution in [-0.2, 0) is 16.0 Å². The second-order valence-electron chi connectivity index (χ2n) is 10.7. The molecule has 3 unspecified atom stereocenters. The summed E-state index contributed by atoms with van der Waals surface area (Å²) in [6.45, 7) is 5.63. The van der Waals surface area contributed by atoms with Gasteiger partial charge in [-0.15, -0.1) is 0 Å². The number of anilines is 1. The lowest BCUT2D eigenvalue weighted by atomic mass is 10.0. The predicted molar refractivity (Wildman–Crippen MR) is 164 cm³/mol. The Morgan fingerprint density at radius 3 is 2.68 bits per heavy atom. The van der Waals surface area contributed by atoms with Crippen LogP contribution in [0, 0.1) is 12.8 Å². The number of aliphatic hydroxyl groups is 1. The van der Waals surface area contributed by atoms with Gasteiger partial charge in [0.15, 0.2) is 11.2 Å². The number of imidazole rings is 1. The van der Waals surface area contributed by atoms with Crippen molar-refractivity contribution in [3.8, 4) is 5.75 Å². The van der Waals surface area contributed by atoms with Crippen LogP contribution in [-0.4, -0.2) is 60.9 Å². The fraction of sp³-hybridized carbons (Fsp3) is 0.258. The van der Waals surface area contributed by atoms with Crippen LogP contribution in [0.1, 0.15) is 34.1 Å². The van der Waals surface area contributed by atoms with Crippen LogP contribution in [0.25, 0.3) is 22.1 Å². The number of nitrogens with two attached hydrogens (primary N) is 1. The van der Waals surface area contributed by atoms with Crippen molar-refractivity contribution in [3.63, 3.8) is 0 Å². The molecule has 2 aromatic carbocycles. The topological polar surface area (TPSA) is 167 Å². The van der Waals surface area contributed by atoms with E-state index >= 15 is 0 Å². The average molecular weight is 617 g/mol. The molecule has 13 heteroatoms. The lowest BCUT2D eigenvalue weighted by molar-refractivity contribution is -0.150. The van der Waals surface area contributed by atoms with E-state index < -0.39 is 29.6 Å². The van der Waals surface area contributed by atoms with E-state index in [0.29, 0.717) is 44.1 Å². The molecule has 0 amide bonds. The van der Waals surface area contributed by atoms with E-state index in [1.807, 2.05) is 0 Å². The zero-order chi connectivity index (χ0) is 31.3. The number of rotatable bonds is 7. The minimum atomic E-state index is -0.708. The van der Waals surface area contributed by atoms with E-state index in [4.69, 9.17) is 26.8 Å². The normalized spacial score (nSPS) is 18.3. The molecule has 3 heterocycles. The first-order chi connectivity index (χ1) is 21.1. The Bertz CT molecular complexity index is 2010. The number of nitrogens with one attached hydrogen (secondary N) is 1. The molecule has 3 aromatic heterocycles. The van der Waals surface area contributed by atoms with Gasteiger partial charge in [0.05, 0.1) is 38.0 Å². The van der Waals surface area contributed by atoms with Crippen molar-refractivity contribution in [1.29, 1.82) is 0 Å². The average Bonchev–Trinajstić information content (AvgIpc) is 3.64. The maximum atomic E-state index is 13.6. The van der Waals surface area contributed by atoms with Gasteiger partial charge in [-0.2, -0.15) is 4.98 Å². The smallest absolute Gasteiger partial charge is 0.310 e. The fourth-order valence-corrected chi connectivity index (χ4v) is 6.13. The summed E-state index contributed by atoms with van der Waals surface area (Å²) in [4.78, 5) is 50.2. The molecule has 4 N–H and O–H groups in total. The highest BCUT2D eigenvalue weighted by Gasteiger charge is 2.41. The number of nitrogens with zero attached hydrogens (tertiary/aromatic N) is 4. The number of hydrogen-bond donors (Lipinski definition) is 3. The standard InChI is InChI=1S/C31H29ClN6O6/c1-15-22(13-39)25(12-24(15)37-14-34-27-28(37)35-31(33)36-29(27)41)44-26(40)11-20-16(2)38(23-9-8-19(43-3)10-21(20)23)30(42)17-4-6-18(32)7-5-17/h4-10,14,22,24-25,39H,1,11-13H2,2-3H3,(H3,33,35,36,41). The lowest BCUT2D eigenvalue weighted by Crippen LogP contribution is -2.26. The van der Waals surface area contributed by atoms with Crippen molar-refractivity contribution in [3.05, 3.63) is 93.1 Å². The second-order valence-corrected chi connectivity index (χ2v) is 11.1. The number of nitrogen functional groups attached to an aromatic ring is 1. The number of methoxy groups -OCH3 is 1. The van der Waals surface area contributed by atoms with E-state index in [1.165, 1.54) is 6.33 Å². The number of carbonyl (C=O) groups is 2. The minimum absolute atomic E-state index is 0.0600. The number of H-pyrrole nitrogens is 1. The summed E-state index contributed by atoms with van der Waals surface area (Å²) in [5.74, 6) is -0.867. The number of hydrogen-bond acceptors (Lipinski definition) is 9. The van der Waals surface area contributed by atoms with Crippen LogP contribution in [0.2, 0.25) is 5.02 Å². The molecule has 1 aliphatic carbocycles. The Hall–Kier alpha value is -4.94. The van der Waals surface area contributed by atoms with Crippen molar-refractivity contribution in [2.45, 2.75) is 31.9 Å². The fourth-order valence-electron chi connectivity index (χ4n) is 6.00. The molecule has 0 spiro atoms. The summed E-state index contributed by atoms with van der Waals surface area (Å²) >= 11 is 6.03. The van der Waals surface area contributed by atoms with Crippen LogP contribution in [0.4, 0.5) is 5.95 Å². The van der Waals surface area contributed by atoms with Crippen LogP contribution in [0.5, 0.6) is 5.75 Å². The molecule has 3 atom stereocenters. The third kappa shape index (κ3) is 4.91. The molecule has 1 aliphatic rings. The summed E-state index contributed by atoms with van der Waals surface area (Å²) in [6.07, 6.45) is 0.897. The molecule has 6 rings (SSSR count). The highest BCUT2D eigenvalue weighted by atomic mass is 35.5. The third-order valence-corrected chi connectivity index (χ3v) is 8.48. The minimum Gasteiger partial charge on any atom is -0.497 e. The molecule has 1 fully saturated rings. The number of ether oxygens (including phenoxy) is 2. The number of aliphatic hydroxyl groups excluding tert-OH is 1. The monoisotopic (exact) mass is 616 g/mol. The highest BCUT2D eigenvalue weighted by molar-refractivity contribution is 6.30. The van der Waals surface area contributed by atoms with Gasteiger partial charge in [0, 0.05) is 34.0 Å². The number of fused-ring (bicyclic) bond motifs is 2. The lowest BCUT2D eigenvalue weighted by Gasteiger charge is -2.18. The molecular weight excluding hydrogens is 588 g/mol. The molecule has 226 valence electrons. The zero-order valence-corrected chi connectivity index (χ0v) is 24.7. The Morgan fingerprint density at radius 1 is 1.23 bits per heavy atom. The largest absolute Gasteiger partial charge is 0.497 e. The van der Waals surface area contributed by atoms with Gasteiger partial charge < -0.3 is 24.9 Å². The van der Waals surface area contributed by atoms with Crippen LogP contribution >= 0.6 is 11.6 Å². The number of aromatic amines is 1. The number of benzene rings is 2. The molecular formula is C31H29ClN6O6. The Kier molecular flexibility index (Phi) is 7.48. The number of halogens is 1. The molecule has 0 radical (unpaired) electrons. The van der Waals surface area contributed by atoms with Gasteiger partial charge in [-0.25, -0.2) is 4.98 Å². The molecule has 1 saturated carbocycles. The first kappa shape index (κ1) is 29.1.